The fourth-order valence-electron chi connectivity index (χ4n) is 2.51. The lowest BCUT2D eigenvalue weighted by atomic mass is 10.1. The predicted molar refractivity (Wildman–Crippen MR) is 108 cm³/mol. The summed E-state index contributed by atoms with van der Waals surface area (Å²) in [6.07, 6.45) is 1.53. The molecule has 1 aromatic carbocycles. The molecule has 1 rings (SSSR count). The Morgan fingerprint density at radius 2 is 1.96 bits per heavy atom. The van der Waals surface area contributed by atoms with Gasteiger partial charge in [0.15, 0.2) is 5.96 Å². The van der Waals surface area contributed by atoms with Crippen LogP contribution in [0, 0.1) is 6.92 Å². The van der Waals surface area contributed by atoms with Gasteiger partial charge in [-0.1, -0.05) is 17.7 Å². The van der Waals surface area contributed by atoms with Gasteiger partial charge >= 0.3 is 0 Å². The molecule has 148 valence electrons. The highest BCUT2D eigenvalue weighted by atomic mass is 32.2. The zero-order chi connectivity index (χ0) is 19.6. The maximum Gasteiger partial charge on any atom is 0.213 e. The van der Waals surface area contributed by atoms with Crippen LogP contribution in [0.4, 0.5) is 0 Å². The SMILES string of the molecule is CCS(=O)(=O)N(C)CCCNC(=NC)NCCc1cc(C)ccc1OC. The Morgan fingerprint density at radius 3 is 2.58 bits per heavy atom. The topological polar surface area (TPSA) is 83.0 Å². The monoisotopic (exact) mass is 384 g/mol. The standard InChI is InChI=1S/C18H32N4O3S/c1-6-26(23,24)22(4)13-7-11-20-18(19-3)21-12-10-16-14-15(2)8-9-17(16)25-5/h8-9,14H,6-7,10-13H2,1-5H3,(H2,19,20,21). The average molecular weight is 385 g/mol. The van der Waals surface area contributed by atoms with Crippen molar-refractivity contribution in [2.75, 3.05) is 46.6 Å². The van der Waals surface area contributed by atoms with Crippen molar-refractivity contribution in [1.82, 2.24) is 14.9 Å². The molecule has 1 aromatic rings. The molecule has 0 atom stereocenters. The van der Waals surface area contributed by atoms with Crippen molar-refractivity contribution in [3.05, 3.63) is 29.3 Å². The molecule has 2 N–H and O–H groups in total. The highest BCUT2D eigenvalue weighted by Gasteiger charge is 2.13. The molecule has 0 aliphatic carbocycles. The highest BCUT2D eigenvalue weighted by Crippen LogP contribution is 2.19. The molecule has 0 unspecified atom stereocenters. The van der Waals surface area contributed by atoms with Crippen LogP contribution in [-0.4, -0.2) is 65.3 Å². The molecule has 0 heterocycles. The van der Waals surface area contributed by atoms with Crippen LogP contribution in [0.25, 0.3) is 0 Å². The highest BCUT2D eigenvalue weighted by molar-refractivity contribution is 7.89. The maximum atomic E-state index is 11.7. The van der Waals surface area contributed by atoms with E-state index in [1.54, 1.807) is 28.1 Å². The van der Waals surface area contributed by atoms with Crippen LogP contribution in [-0.2, 0) is 16.4 Å². The third-order valence-electron chi connectivity index (χ3n) is 4.13. The number of ether oxygens (including phenoxy) is 1. The first-order chi connectivity index (χ1) is 12.3. The molecule has 7 nitrogen and oxygen atoms in total. The van der Waals surface area contributed by atoms with Gasteiger partial charge in [-0.3, -0.25) is 4.99 Å². The smallest absolute Gasteiger partial charge is 0.213 e. The second-order valence-electron chi connectivity index (χ2n) is 6.07. The number of nitrogens with one attached hydrogen (secondary N) is 2. The second-order valence-corrected chi connectivity index (χ2v) is 8.43. The first-order valence-corrected chi connectivity index (χ1v) is 10.5. The van der Waals surface area contributed by atoms with Gasteiger partial charge in [-0.25, -0.2) is 12.7 Å². The van der Waals surface area contributed by atoms with Crippen LogP contribution >= 0.6 is 0 Å². The molecule has 0 amide bonds. The van der Waals surface area contributed by atoms with Gasteiger partial charge < -0.3 is 15.4 Å². The van der Waals surface area contributed by atoms with Gasteiger partial charge in [-0.2, -0.15) is 0 Å². The van der Waals surface area contributed by atoms with Crippen molar-refractivity contribution in [3.8, 4) is 5.75 Å². The molecule has 26 heavy (non-hydrogen) atoms. The van der Waals surface area contributed by atoms with E-state index in [0.29, 0.717) is 25.5 Å². The number of rotatable bonds is 10. The zero-order valence-corrected chi connectivity index (χ0v) is 17.3. The van der Waals surface area contributed by atoms with Crippen LogP contribution < -0.4 is 15.4 Å². The van der Waals surface area contributed by atoms with E-state index in [1.807, 2.05) is 12.1 Å². The molecule has 0 saturated carbocycles. The summed E-state index contributed by atoms with van der Waals surface area (Å²) in [6.45, 7) is 5.58. The summed E-state index contributed by atoms with van der Waals surface area (Å²) in [5.74, 6) is 1.72. The molecular formula is C18H32N4O3S. The van der Waals surface area contributed by atoms with Crippen LogP contribution in [0.1, 0.15) is 24.5 Å². The van der Waals surface area contributed by atoms with E-state index in [4.69, 9.17) is 4.74 Å². The van der Waals surface area contributed by atoms with Gasteiger partial charge in [0, 0.05) is 33.7 Å². The molecular weight excluding hydrogens is 352 g/mol. The van der Waals surface area contributed by atoms with Crippen molar-refractivity contribution in [3.63, 3.8) is 0 Å². The van der Waals surface area contributed by atoms with Crippen molar-refractivity contribution in [2.24, 2.45) is 4.99 Å². The molecule has 0 spiro atoms. The van der Waals surface area contributed by atoms with E-state index in [1.165, 1.54) is 9.87 Å². The van der Waals surface area contributed by atoms with E-state index in [9.17, 15) is 8.42 Å². The summed E-state index contributed by atoms with van der Waals surface area (Å²) in [5.41, 5.74) is 2.36. The lowest BCUT2D eigenvalue weighted by Gasteiger charge is -2.17. The van der Waals surface area contributed by atoms with Crippen molar-refractivity contribution in [2.45, 2.75) is 26.7 Å². The van der Waals surface area contributed by atoms with Gasteiger partial charge in [-0.15, -0.1) is 0 Å². The number of methoxy groups -OCH3 is 1. The Hall–Kier alpha value is -1.80. The summed E-state index contributed by atoms with van der Waals surface area (Å²) >= 11 is 0. The first-order valence-electron chi connectivity index (χ1n) is 8.86. The van der Waals surface area contributed by atoms with Gasteiger partial charge in [-0.05, 0) is 38.3 Å². The predicted octanol–water partition coefficient (Wildman–Crippen LogP) is 1.38. The Kier molecular flexibility index (Phi) is 9.43. The van der Waals surface area contributed by atoms with Crippen LogP contribution in [0.3, 0.4) is 0 Å². The minimum absolute atomic E-state index is 0.128. The number of hydrogen-bond acceptors (Lipinski definition) is 4. The lowest BCUT2D eigenvalue weighted by Crippen LogP contribution is -2.40. The number of nitrogens with zero attached hydrogens (tertiary/aromatic N) is 2. The molecule has 0 aliphatic rings. The average Bonchev–Trinajstić information content (AvgIpc) is 2.63. The zero-order valence-electron chi connectivity index (χ0n) is 16.5. The van der Waals surface area contributed by atoms with E-state index >= 15 is 0 Å². The third kappa shape index (κ3) is 7.21. The molecule has 0 fully saturated rings. The molecule has 0 radical (unpaired) electrons. The largest absolute Gasteiger partial charge is 0.496 e. The van der Waals surface area contributed by atoms with Gasteiger partial charge in [0.25, 0.3) is 0 Å². The number of aliphatic imine (C=N–C) groups is 1. The Balaban J connectivity index is 2.37. The summed E-state index contributed by atoms with van der Waals surface area (Å²) in [4.78, 5) is 4.19. The minimum Gasteiger partial charge on any atom is -0.496 e. The summed E-state index contributed by atoms with van der Waals surface area (Å²) in [6, 6.07) is 6.14. The summed E-state index contributed by atoms with van der Waals surface area (Å²) < 4.78 is 30.2. The summed E-state index contributed by atoms with van der Waals surface area (Å²) in [5, 5.41) is 6.48. The number of sulfonamides is 1. The fourth-order valence-corrected chi connectivity index (χ4v) is 3.35. The minimum atomic E-state index is -3.11. The molecule has 0 bridgehead atoms. The van der Waals surface area contributed by atoms with Crippen molar-refractivity contribution >= 4 is 16.0 Å². The van der Waals surface area contributed by atoms with Gasteiger partial charge in [0.05, 0.1) is 12.9 Å². The van der Waals surface area contributed by atoms with Crippen molar-refractivity contribution < 1.29 is 13.2 Å². The molecule has 0 saturated heterocycles. The number of benzene rings is 1. The maximum absolute atomic E-state index is 11.7. The van der Waals surface area contributed by atoms with Crippen molar-refractivity contribution in [1.29, 1.82) is 0 Å². The number of guanidine groups is 1. The summed E-state index contributed by atoms with van der Waals surface area (Å²) in [7, 11) is 1.90. The van der Waals surface area contributed by atoms with Crippen LogP contribution in [0.5, 0.6) is 5.75 Å². The Bertz CT molecular complexity index is 690. The third-order valence-corrected chi connectivity index (χ3v) is 5.99. The van der Waals surface area contributed by atoms with E-state index < -0.39 is 10.0 Å². The Morgan fingerprint density at radius 1 is 1.27 bits per heavy atom. The second kappa shape index (κ2) is 11.0. The van der Waals surface area contributed by atoms with Crippen LogP contribution in [0.15, 0.2) is 23.2 Å². The van der Waals surface area contributed by atoms with Gasteiger partial charge in [0.2, 0.25) is 10.0 Å². The van der Waals surface area contributed by atoms with E-state index in [-0.39, 0.29) is 5.75 Å². The number of aryl methyl sites for hydroxylation is 1. The first kappa shape index (κ1) is 22.2. The quantitative estimate of drug-likeness (QED) is 0.362. The van der Waals surface area contributed by atoms with E-state index in [0.717, 1.165) is 24.3 Å². The molecule has 0 aliphatic heterocycles. The van der Waals surface area contributed by atoms with Crippen LogP contribution in [0.2, 0.25) is 0 Å². The lowest BCUT2D eigenvalue weighted by molar-refractivity contribution is 0.409. The molecule has 8 heteroatoms. The Labute approximate surface area is 157 Å². The fraction of sp³-hybridized carbons (Fsp3) is 0.611. The molecule has 0 aromatic heterocycles. The van der Waals surface area contributed by atoms with E-state index in [2.05, 4.69) is 28.6 Å². The normalized spacial score (nSPS) is 12.3. The number of hydrogen-bond donors (Lipinski definition) is 2. The van der Waals surface area contributed by atoms with Gasteiger partial charge in [0.1, 0.15) is 5.75 Å².